The molecule has 2 rings (SSSR count). The van der Waals surface area contributed by atoms with Gasteiger partial charge in [-0.05, 0) is 67.3 Å². The number of amides is 1. The molecule has 0 aromatic heterocycles. The van der Waals surface area contributed by atoms with Gasteiger partial charge in [-0.15, -0.1) is 0 Å². The summed E-state index contributed by atoms with van der Waals surface area (Å²) in [5, 5.41) is 2.86. The van der Waals surface area contributed by atoms with Crippen molar-refractivity contribution in [3.8, 4) is 11.1 Å². The first-order valence-corrected chi connectivity index (χ1v) is 13.4. The standard InChI is InChI=1S/C19H19F2NO.C11H22.C3H8/c1-12(2)19(22-13(3)23)10-14-4-6-15(7-5-14)16-8-9-17(20)18(21)11-16;1-6-8-10(3)9-11(4,5)7-2;1-3-2/h4-9,11,19H,1,10H2,2-3H3,(H,22,23);8H,6-7,9H2,1-5H3;3H2,1-2H3/b;10-8+;. The maximum absolute atomic E-state index is 13.3. The van der Waals surface area contributed by atoms with Crippen LogP contribution in [0.25, 0.3) is 11.1 Å². The molecule has 206 valence electrons. The highest BCUT2D eigenvalue weighted by atomic mass is 19.2. The largest absolute Gasteiger partial charge is 0.350 e. The molecule has 0 aliphatic rings. The van der Waals surface area contributed by atoms with Crippen molar-refractivity contribution in [2.24, 2.45) is 5.41 Å². The molecule has 0 spiro atoms. The highest BCUT2D eigenvalue weighted by Crippen LogP contribution is 2.28. The van der Waals surface area contributed by atoms with E-state index in [2.05, 4.69) is 66.4 Å². The Kier molecular flexibility index (Phi) is 16.3. The molecule has 0 aliphatic heterocycles. The number of halogens is 2. The molecule has 0 heterocycles. The van der Waals surface area contributed by atoms with Gasteiger partial charge in [0.1, 0.15) is 0 Å². The zero-order valence-corrected chi connectivity index (χ0v) is 24.6. The highest BCUT2D eigenvalue weighted by Gasteiger charge is 2.14. The molecule has 0 saturated heterocycles. The summed E-state index contributed by atoms with van der Waals surface area (Å²) in [6.45, 7) is 22.9. The lowest BCUT2D eigenvalue weighted by atomic mass is 9.83. The zero-order valence-electron chi connectivity index (χ0n) is 24.6. The van der Waals surface area contributed by atoms with Gasteiger partial charge in [0.25, 0.3) is 0 Å². The summed E-state index contributed by atoms with van der Waals surface area (Å²) in [4.78, 5) is 11.2. The lowest BCUT2D eigenvalue weighted by Crippen LogP contribution is -2.35. The van der Waals surface area contributed by atoms with Crippen LogP contribution in [0.1, 0.15) is 93.6 Å². The maximum atomic E-state index is 13.3. The lowest BCUT2D eigenvalue weighted by Gasteiger charge is -2.22. The second-order valence-corrected chi connectivity index (χ2v) is 10.5. The number of carbonyl (C=O) groups is 1. The van der Waals surface area contributed by atoms with Crippen LogP contribution in [0.3, 0.4) is 0 Å². The van der Waals surface area contributed by atoms with Crippen molar-refractivity contribution in [1.29, 1.82) is 0 Å². The van der Waals surface area contributed by atoms with Crippen molar-refractivity contribution in [2.45, 2.75) is 100 Å². The van der Waals surface area contributed by atoms with Gasteiger partial charge in [-0.1, -0.05) is 109 Å². The van der Waals surface area contributed by atoms with Gasteiger partial charge < -0.3 is 5.32 Å². The third kappa shape index (κ3) is 14.5. The fraction of sp³-hybridized carbons (Fsp3) is 0.485. The average Bonchev–Trinajstić information content (AvgIpc) is 2.81. The molecule has 0 fully saturated rings. The molecule has 2 nitrogen and oxygen atoms in total. The van der Waals surface area contributed by atoms with E-state index < -0.39 is 11.6 Å². The second kappa shape index (κ2) is 17.7. The van der Waals surface area contributed by atoms with Crippen LogP contribution < -0.4 is 5.32 Å². The summed E-state index contributed by atoms with van der Waals surface area (Å²) in [5.41, 5.74) is 5.37. The Balaban J connectivity index is 0.000000777. The maximum Gasteiger partial charge on any atom is 0.217 e. The minimum Gasteiger partial charge on any atom is -0.350 e. The average molecular weight is 514 g/mol. The number of nitrogens with one attached hydrogen (secondary N) is 1. The molecule has 0 bridgehead atoms. The van der Waals surface area contributed by atoms with E-state index in [9.17, 15) is 13.6 Å². The van der Waals surface area contributed by atoms with Crippen LogP contribution in [0, 0.1) is 17.0 Å². The molecule has 2 aromatic rings. The smallest absolute Gasteiger partial charge is 0.217 e. The van der Waals surface area contributed by atoms with Gasteiger partial charge in [0.2, 0.25) is 5.91 Å². The van der Waals surface area contributed by atoms with Gasteiger partial charge in [0.15, 0.2) is 11.6 Å². The summed E-state index contributed by atoms with van der Waals surface area (Å²) < 4.78 is 26.3. The first-order chi connectivity index (χ1) is 17.3. The molecule has 37 heavy (non-hydrogen) atoms. The van der Waals surface area contributed by atoms with Crippen molar-refractivity contribution >= 4 is 5.91 Å². The van der Waals surface area contributed by atoms with E-state index >= 15 is 0 Å². The molecule has 1 N–H and O–H groups in total. The molecule has 0 aliphatic carbocycles. The van der Waals surface area contributed by atoms with E-state index in [1.807, 2.05) is 31.2 Å². The summed E-state index contributed by atoms with van der Waals surface area (Å²) in [7, 11) is 0. The Bertz CT molecular complexity index is 990. The summed E-state index contributed by atoms with van der Waals surface area (Å²) in [5.74, 6) is -1.82. The molecular formula is C33H49F2NO. The van der Waals surface area contributed by atoms with Gasteiger partial charge in [-0.25, -0.2) is 8.78 Å². The number of hydrogen-bond acceptors (Lipinski definition) is 1. The van der Waals surface area contributed by atoms with Crippen LogP contribution in [-0.4, -0.2) is 11.9 Å². The quantitative estimate of drug-likeness (QED) is 0.332. The van der Waals surface area contributed by atoms with Crippen LogP contribution in [0.2, 0.25) is 0 Å². The van der Waals surface area contributed by atoms with E-state index in [1.165, 1.54) is 38.7 Å². The van der Waals surface area contributed by atoms with Crippen LogP contribution in [-0.2, 0) is 11.2 Å². The Morgan fingerprint density at radius 3 is 1.92 bits per heavy atom. The number of carbonyl (C=O) groups excluding carboxylic acids is 1. The fourth-order valence-corrected chi connectivity index (χ4v) is 3.64. The van der Waals surface area contributed by atoms with Crippen LogP contribution in [0.5, 0.6) is 0 Å². The Morgan fingerprint density at radius 2 is 1.49 bits per heavy atom. The zero-order chi connectivity index (χ0) is 28.6. The van der Waals surface area contributed by atoms with Crippen molar-refractivity contribution in [1.82, 2.24) is 5.32 Å². The molecule has 1 unspecified atom stereocenters. The normalized spacial score (nSPS) is 11.9. The van der Waals surface area contributed by atoms with Crippen LogP contribution >= 0.6 is 0 Å². The molecule has 0 saturated carbocycles. The van der Waals surface area contributed by atoms with Crippen LogP contribution in [0.4, 0.5) is 8.78 Å². The molecule has 1 amide bonds. The van der Waals surface area contributed by atoms with E-state index in [1.54, 1.807) is 11.6 Å². The molecule has 0 radical (unpaired) electrons. The minimum absolute atomic E-state index is 0.101. The minimum atomic E-state index is -0.861. The van der Waals surface area contributed by atoms with Crippen molar-refractivity contribution in [3.05, 3.63) is 83.5 Å². The van der Waals surface area contributed by atoms with E-state index in [0.717, 1.165) is 22.8 Å². The number of hydrogen-bond donors (Lipinski definition) is 1. The fourth-order valence-electron chi connectivity index (χ4n) is 3.64. The molecule has 4 heteroatoms. The predicted molar refractivity (Wildman–Crippen MR) is 157 cm³/mol. The topological polar surface area (TPSA) is 29.1 Å². The lowest BCUT2D eigenvalue weighted by molar-refractivity contribution is -0.119. The van der Waals surface area contributed by atoms with Gasteiger partial charge in [0, 0.05) is 6.92 Å². The second-order valence-electron chi connectivity index (χ2n) is 10.5. The van der Waals surface area contributed by atoms with Gasteiger partial charge in [-0.2, -0.15) is 0 Å². The van der Waals surface area contributed by atoms with Gasteiger partial charge in [-0.3, -0.25) is 4.79 Å². The predicted octanol–water partition coefficient (Wildman–Crippen LogP) is 9.84. The first kappa shape index (κ1) is 34.2. The summed E-state index contributed by atoms with van der Waals surface area (Å²) >= 11 is 0. The van der Waals surface area contributed by atoms with E-state index in [-0.39, 0.29) is 11.9 Å². The number of benzene rings is 2. The monoisotopic (exact) mass is 513 g/mol. The number of rotatable bonds is 9. The van der Waals surface area contributed by atoms with Gasteiger partial charge in [0.05, 0.1) is 6.04 Å². The van der Waals surface area contributed by atoms with Crippen molar-refractivity contribution < 1.29 is 13.6 Å². The van der Waals surface area contributed by atoms with E-state index in [4.69, 9.17) is 0 Å². The van der Waals surface area contributed by atoms with E-state index in [0.29, 0.717) is 17.4 Å². The summed E-state index contributed by atoms with van der Waals surface area (Å²) in [6, 6.07) is 11.2. The third-order valence-electron chi connectivity index (χ3n) is 5.89. The molecular weight excluding hydrogens is 464 g/mol. The molecule has 2 aromatic carbocycles. The number of allylic oxidation sites excluding steroid dienone is 2. The third-order valence-corrected chi connectivity index (χ3v) is 5.89. The molecule has 1 atom stereocenters. The van der Waals surface area contributed by atoms with Gasteiger partial charge >= 0.3 is 0 Å². The Labute approximate surface area is 225 Å². The SMILES string of the molecule is C=C(C)C(Cc1ccc(-c2ccc(F)c(F)c2)cc1)NC(C)=O.CC/C=C(\C)CC(C)(C)CC.CCC. The highest BCUT2D eigenvalue weighted by molar-refractivity contribution is 5.73. The van der Waals surface area contributed by atoms with Crippen molar-refractivity contribution in [3.63, 3.8) is 0 Å². The first-order valence-electron chi connectivity index (χ1n) is 13.4. The van der Waals surface area contributed by atoms with Crippen LogP contribution in [0.15, 0.2) is 66.3 Å². The van der Waals surface area contributed by atoms with Crippen molar-refractivity contribution in [2.75, 3.05) is 0 Å². The summed E-state index contributed by atoms with van der Waals surface area (Å²) in [6.07, 6.45) is 7.90. The Morgan fingerprint density at radius 1 is 0.946 bits per heavy atom. The Hall–Kier alpha value is -2.75.